The topological polar surface area (TPSA) is 63.3 Å². The zero-order valence-electron chi connectivity index (χ0n) is 9.08. The van der Waals surface area contributed by atoms with Gasteiger partial charge in [0.2, 0.25) is 0 Å². The maximum Gasteiger partial charge on any atom is 0.303 e. The van der Waals surface area contributed by atoms with Crippen LogP contribution in [0.15, 0.2) is 0 Å². The van der Waals surface area contributed by atoms with Crippen LogP contribution in [0.4, 0.5) is 0 Å². The van der Waals surface area contributed by atoms with Crippen molar-refractivity contribution >= 4 is 17.7 Å². The highest BCUT2D eigenvalue weighted by Gasteiger charge is 2.09. The highest BCUT2D eigenvalue weighted by molar-refractivity contribution is 7.99. The molecule has 3 N–H and O–H groups in total. The number of unbranched alkanes of at least 4 members (excludes halogenated alkanes) is 2. The van der Waals surface area contributed by atoms with Gasteiger partial charge in [0.05, 0.1) is 0 Å². The van der Waals surface area contributed by atoms with Crippen molar-refractivity contribution in [3.63, 3.8) is 0 Å². The second-order valence-corrected chi connectivity index (χ2v) is 5.35. The Balaban J connectivity index is 3.11. The van der Waals surface area contributed by atoms with Crippen molar-refractivity contribution in [3.8, 4) is 0 Å². The SMILES string of the molecule is CC(C)(N)CSCCCCCC(=O)O. The van der Waals surface area contributed by atoms with Crippen molar-refractivity contribution in [2.75, 3.05) is 11.5 Å². The molecule has 0 bridgehead atoms. The molecule has 0 aromatic heterocycles. The lowest BCUT2D eigenvalue weighted by atomic mass is 10.1. The van der Waals surface area contributed by atoms with E-state index in [0.29, 0.717) is 6.42 Å². The van der Waals surface area contributed by atoms with Crippen LogP contribution in [0.25, 0.3) is 0 Å². The molecule has 0 aromatic rings. The van der Waals surface area contributed by atoms with Crippen LogP contribution in [0, 0.1) is 0 Å². The van der Waals surface area contributed by atoms with Crippen LogP contribution in [0.2, 0.25) is 0 Å². The van der Waals surface area contributed by atoms with E-state index in [0.717, 1.165) is 30.8 Å². The Morgan fingerprint density at radius 2 is 2.00 bits per heavy atom. The average molecular weight is 219 g/mol. The first-order chi connectivity index (χ1) is 6.42. The quantitative estimate of drug-likeness (QED) is 0.614. The minimum Gasteiger partial charge on any atom is -0.481 e. The molecule has 0 unspecified atom stereocenters. The summed E-state index contributed by atoms with van der Waals surface area (Å²) in [7, 11) is 0. The lowest BCUT2D eigenvalue weighted by Crippen LogP contribution is -2.34. The third-order valence-electron chi connectivity index (χ3n) is 1.65. The molecule has 0 fully saturated rings. The fourth-order valence-corrected chi connectivity index (χ4v) is 2.07. The Bertz CT molecular complexity index is 166. The number of nitrogens with two attached hydrogens (primary N) is 1. The normalized spacial score (nSPS) is 11.6. The fourth-order valence-electron chi connectivity index (χ4n) is 0.992. The number of aliphatic carboxylic acids is 1. The van der Waals surface area contributed by atoms with Gasteiger partial charge in [0, 0.05) is 17.7 Å². The number of carboxylic acids is 1. The molecule has 0 spiro atoms. The van der Waals surface area contributed by atoms with E-state index in [9.17, 15) is 4.79 Å². The van der Waals surface area contributed by atoms with Gasteiger partial charge in [-0.3, -0.25) is 4.79 Å². The first kappa shape index (κ1) is 13.8. The molecular formula is C10H21NO2S. The molecule has 0 rings (SSSR count). The summed E-state index contributed by atoms with van der Waals surface area (Å²) in [5, 5.41) is 8.40. The van der Waals surface area contributed by atoms with Gasteiger partial charge >= 0.3 is 5.97 Å². The Morgan fingerprint density at radius 3 is 2.50 bits per heavy atom. The lowest BCUT2D eigenvalue weighted by Gasteiger charge is -2.17. The van der Waals surface area contributed by atoms with Gasteiger partial charge in [-0.05, 0) is 32.4 Å². The van der Waals surface area contributed by atoms with Crippen molar-refractivity contribution in [1.29, 1.82) is 0 Å². The molecule has 0 aliphatic heterocycles. The van der Waals surface area contributed by atoms with Crippen LogP contribution in [0.3, 0.4) is 0 Å². The summed E-state index contributed by atoms with van der Waals surface area (Å²) >= 11 is 1.85. The molecule has 0 saturated heterocycles. The molecule has 0 aliphatic carbocycles. The van der Waals surface area contributed by atoms with E-state index < -0.39 is 5.97 Å². The minimum absolute atomic E-state index is 0.0915. The molecule has 3 nitrogen and oxygen atoms in total. The van der Waals surface area contributed by atoms with Gasteiger partial charge in [-0.15, -0.1) is 0 Å². The molecule has 0 aliphatic rings. The Hall–Kier alpha value is -0.220. The zero-order chi connectivity index (χ0) is 11.0. The second-order valence-electron chi connectivity index (χ2n) is 4.25. The van der Waals surface area contributed by atoms with Gasteiger partial charge in [0.25, 0.3) is 0 Å². The molecule has 0 atom stereocenters. The van der Waals surface area contributed by atoms with Gasteiger partial charge in [0.15, 0.2) is 0 Å². The van der Waals surface area contributed by atoms with Gasteiger partial charge in [0.1, 0.15) is 0 Å². The summed E-state index contributed by atoms with van der Waals surface area (Å²) in [6, 6.07) is 0. The maximum absolute atomic E-state index is 10.2. The molecule has 0 saturated carbocycles. The molecular weight excluding hydrogens is 198 g/mol. The van der Waals surface area contributed by atoms with E-state index in [1.165, 1.54) is 0 Å². The summed E-state index contributed by atoms with van der Waals surface area (Å²) in [4.78, 5) is 10.2. The van der Waals surface area contributed by atoms with Crippen molar-refractivity contribution in [1.82, 2.24) is 0 Å². The summed E-state index contributed by atoms with van der Waals surface area (Å²) in [5.41, 5.74) is 5.73. The summed E-state index contributed by atoms with van der Waals surface area (Å²) in [6.07, 6.45) is 3.19. The van der Waals surface area contributed by atoms with Crippen LogP contribution in [0.5, 0.6) is 0 Å². The second kappa shape index (κ2) is 7.12. The first-order valence-electron chi connectivity index (χ1n) is 5.00. The van der Waals surface area contributed by atoms with Crippen LogP contribution < -0.4 is 5.73 Å². The van der Waals surface area contributed by atoms with E-state index in [1.807, 2.05) is 25.6 Å². The number of thioether (sulfide) groups is 1. The van der Waals surface area contributed by atoms with Crippen LogP contribution in [-0.4, -0.2) is 28.1 Å². The number of rotatable bonds is 8. The fraction of sp³-hybridized carbons (Fsp3) is 0.900. The summed E-state index contributed by atoms with van der Waals surface area (Å²) < 4.78 is 0. The maximum atomic E-state index is 10.2. The monoisotopic (exact) mass is 219 g/mol. The van der Waals surface area contributed by atoms with Crippen LogP contribution in [-0.2, 0) is 4.79 Å². The molecule has 0 radical (unpaired) electrons. The molecule has 14 heavy (non-hydrogen) atoms. The van der Waals surface area contributed by atoms with Gasteiger partial charge in [-0.1, -0.05) is 6.42 Å². The number of hydrogen-bond donors (Lipinski definition) is 2. The van der Waals surface area contributed by atoms with E-state index in [4.69, 9.17) is 10.8 Å². The number of carbonyl (C=O) groups is 1. The zero-order valence-corrected chi connectivity index (χ0v) is 9.90. The van der Waals surface area contributed by atoms with Crippen molar-refractivity contribution in [3.05, 3.63) is 0 Å². The average Bonchev–Trinajstić information content (AvgIpc) is 2.00. The lowest BCUT2D eigenvalue weighted by molar-refractivity contribution is -0.137. The summed E-state index contributed by atoms with van der Waals surface area (Å²) in [5.74, 6) is 1.35. The van der Waals surface area contributed by atoms with E-state index in [1.54, 1.807) is 0 Å². The molecule has 0 aromatic carbocycles. The van der Waals surface area contributed by atoms with Crippen LogP contribution >= 0.6 is 11.8 Å². The van der Waals surface area contributed by atoms with Gasteiger partial charge in [-0.25, -0.2) is 0 Å². The predicted molar refractivity (Wildman–Crippen MR) is 61.7 cm³/mol. The van der Waals surface area contributed by atoms with Gasteiger partial charge in [-0.2, -0.15) is 11.8 Å². The van der Waals surface area contributed by atoms with E-state index in [2.05, 4.69) is 0 Å². The largest absolute Gasteiger partial charge is 0.481 e. The highest BCUT2D eigenvalue weighted by atomic mass is 32.2. The van der Waals surface area contributed by atoms with Gasteiger partial charge < -0.3 is 10.8 Å². The van der Waals surface area contributed by atoms with E-state index >= 15 is 0 Å². The molecule has 4 heteroatoms. The number of carboxylic acid groups (broad SMARTS) is 1. The molecule has 0 amide bonds. The third-order valence-corrected chi connectivity index (χ3v) is 3.18. The third kappa shape index (κ3) is 11.8. The standard InChI is InChI=1S/C10H21NO2S/c1-10(2,11)8-14-7-5-3-4-6-9(12)13/h3-8,11H2,1-2H3,(H,12,13). The molecule has 84 valence electrons. The highest BCUT2D eigenvalue weighted by Crippen LogP contribution is 2.12. The molecule has 0 heterocycles. The smallest absolute Gasteiger partial charge is 0.303 e. The van der Waals surface area contributed by atoms with Crippen molar-refractivity contribution < 1.29 is 9.90 Å². The summed E-state index contributed by atoms with van der Waals surface area (Å²) in [6.45, 7) is 4.04. The van der Waals surface area contributed by atoms with Crippen molar-refractivity contribution in [2.24, 2.45) is 5.73 Å². The van der Waals surface area contributed by atoms with Crippen molar-refractivity contribution in [2.45, 2.75) is 45.1 Å². The Labute approximate surface area is 90.4 Å². The minimum atomic E-state index is -0.694. The first-order valence-corrected chi connectivity index (χ1v) is 6.16. The number of hydrogen-bond acceptors (Lipinski definition) is 3. The predicted octanol–water partition coefficient (Wildman–Crippen LogP) is 2.10. The Kier molecular flexibility index (Phi) is 7.01. The Morgan fingerprint density at radius 1 is 1.36 bits per heavy atom. The van der Waals surface area contributed by atoms with E-state index in [-0.39, 0.29) is 5.54 Å². The van der Waals surface area contributed by atoms with Crippen LogP contribution in [0.1, 0.15) is 39.5 Å².